The highest BCUT2D eigenvalue weighted by Crippen LogP contribution is 2.31. The lowest BCUT2D eigenvalue weighted by atomic mass is 9.84. The maximum atomic E-state index is 12.4. The monoisotopic (exact) mass is 294 g/mol. The number of rotatable bonds is 3. The molecule has 1 saturated carbocycles. The van der Waals surface area contributed by atoms with Crippen molar-refractivity contribution in [1.29, 1.82) is 0 Å². The van der Waals surface area contributed by atoms with Crippen LogP contribution in [0.3, 0.4) is 0 Å². The van der Waals surface area contributed by atoms with Crippen molar-refractivity contribution in [1.82, 2.24) is 9.88 Å². The lowest BCUT2D eigenvalue weighted by Gasteiger charge is -2.29. The standard InChI is InChI=1S/C19H22N2O/c22-19(15-4-1-5-15)21-11-9-14(13-21)12-16-6-2-8-18-17(16)7-3-10-20-18/h2-3,6-8,10,14-15H,1,4-5,9,11-13H2. The van der Waals surface area contributed by atoms with Gasteiger partial charge < -0.3 is 4.90 Å². The van der Waals surface area contributed by atoms with Crippen LogP contribution in [0.2, 0.25) is 0 Å². The molecule has 2 aliphatic rings. The minimum atomic E-state index is 0.334. The van der Waals surface area contributed by atoms with Gasteiger partial charge in [0.25, 0.3) is 0 Å². The smallest absolute Gasteiger partial charge is 0.225 e. The third-order valence-corrected chi connectivity index (χ3v) is 5.30. The molecule has 1 atom stereocenters. The summed E-state index contributed by atoms with van der Waals surface area (Å²) in [4.78, 5) is 18.9. The Labute approximate surface area is 131 Å². The number of hydrogen-bond acceptors (Lipinski definition) is 2. The van der Waals surface area contributed by atoms with E-state index in [1.165, 1.54) is 17.4 Å². The molecule has 1 saturated heterocycles. The van der Waals surface area contributed by atoms with Gasteiger partial charge in [0.15, 0.2) is 0 Å². The van der Waals surface area contributed by atoms with Crippen molar-refractivity contribution < 1.29 is 4.79 Å². The topological polar surface area (TPSA) is 33.2 Å². The fourth-order valence-corrected chi connectivity index (χ4v) is 3.77. The summed E-state index contributed by atoms with van der Waals surface area (Å²) in [5, 5.41) is 1.26. The largest absolute Gasteiger partial charge is 0.342 e. The Morgan fingerprint density at radius 1 is 1.18 bits per heavy atom. The number of hydrogen-bond donors (Lipinski definition) is 0. The molecule has 1 aliphatic heterocycles. The summed E-state index contributed by atoms with van der Waals surface area (Å²) in [6, 6.07) is 10.5. The predicted octanol–water partition coefficient (Wildman–Crippen LogP) is 3.43. The first-order chi connectivity index (χ1) is 10.8. The quantitative estimate of drug-likeness (QED) is 0.869. The van der Waals surface area contributed by atoms with Gasteiger partial charge in [-0.2, -0.15) is 0 Å². The second-order valence-electron chi connectivity index (χ2n) is 6.76. The highest BCUT2D eigenvalue weighted by molar-refractivity contribution is 5.82. The molecule has 1 aliphatic carbocycles. The number of carbonyl (C=O) groups is 1. The minimum absolute atomic E-state index is 0.334. The van der Waals surface area contributed by atoms with Gasteiger partial charge in [-0.15, -0.1) is 0 Å². The van der Waals surface area contributed by atoms with Crippen LogP contribution in [0.1, 0.15) is 31.2 Å². The van der Waals surface area contributed by atoms with Crippen molar-refractivity contribution in [2.45, 2.75) is 32.1 Å². The lowest BCUT2D eigenvalue weighted by molar-refractivity contribution is -0.137. The average Bonchev–Trinajstić information content (AvgIpc) is 2.94. The van der Waals surface area contributed by atoms with E-state index in [-0.39, 0.29) is 0 Å². The normalized spacial score (nSPS) is 22.0. The van der Waals surface area contributed by atoms with E-state index in [2.05, 4.69) is 34.1 Å². The first-order valence-electron chi connectivity index (χ1n) is 8.42. The Morgan fingerprint density at radius 3 is 2.91 bits per heavy atom. The molecule has 2 fully saturated rings. The Bertz CT molecular complexity index is 687. The van der Waals surface area contributed by atoms with E-state index in [0.29, 0.717) is 17.7 Å². The van der Waals surface area contributed by atoms with E-state index >= 15 is 0 Å². The second-order valence-corrected chi connectivity index (χ2v) is 6.76. The summed E-state index contributed by atoms with van der Waals surface area (Å²) < 4.78 is 0. The van der Waals surface area contributed by atoms with Gasteiger partial charge in [-0.1, -0.05) is 24.6 Å². The van der Waals surface area contributed by atoms with Crippen LogP contribution in [0.25, 0.3) is 10.9 Å². The van der Waals surface area contributed by atoms with Crippen LogP contribution in [-0.2, 0) is 11.2 Å². The first-order valence-corrected chi connectivity index (χ1v) is 8.42. The Hall–Kier alpha value is -1.90. The van der Waals surface area contributed by atoms with Crippen molar-refractivity contribution in [3.8, 4) is 0 Å². The number of benzene rings is 1. The number of carbonyl (C=O) groups excluding carboxylic acids is 1. The van der Waals surface area contributed by atoms with E-state index in [4.69, 9.17) is 0 Å². The second kappa shape index (κ2) is 5.71. The van der Waals surface area contributed by atoms with E-state index in [0.717, 1.165) is 44.3 Å². The van der Waals surface area contributed by atoms with Gasteiger partial charge >= 0.3 is 0 Å². The minimum Gasteiger partial charge on any atom is -0.342 e. The molecule has 0 bridgehead atoms. The summed E-state index contributed by atoms with van der Waals surface area (Å²) in [5.74, 6) is 1.34. The fraction of sp³-hybridized carbons (Fsp3) is 0.474. The molecule has 1 unspecified atom stereocenters. The zero-order valence-electron chi connectivity index (χ0n) is 12.9. The lowest BCUT2D eigenvalue weighted by Crippen LogP contribution is -2.37. The summed E-state index contributed by atoms with van der Waals surface area (Å²) >= 11 is 0. The van der Waals surface area contributed by atoms with Crippen molar-refractivity contribution in [3.05, 3.63) is 42.1 Å². The maximum absolute atomic E-state index is 12.4. The fourth-order valence-electron chi connectivity index (χ4n) is 3.77. The molecule has 0 N–H and O–H groups in total. The molecule has 2 aromatic rings. The van der Waals surface area contributed by atoms with Gasteiger partial charge in [-0.05, 0) is 49.3 Å². The molecular weight excluding hydrogens is 272 g/mol. The van der Waals surface area contributed by atoms with Gasteiger partial charge in [0.2, 0.25) is 5.91 Å². The summed E-state index contributed by atoms with van der Waals surface area (Å²) in [6.07, 6.45) is 7.48. The first kappa shape index (κ1) is 13.7. The van der Waals surface area contributed by atoms with E-state index in [1.807, 2.05) is 12.3 Å². The van der Waals surface area contributed by atoms with Crippen molar-refractivity contribution >= 4 is 16.8 Å². The summed E-state index contributed by atoms with van der Waals surface area (Å²) in [7, 11) is 0. The molecule has 3 heteroatoms. The Kier molecular flexibility index (Phi) is 3.57. The van der Waals surface area contributed by atoms with Gasteiger partial charge in [0, 0.05) is 30.6 Å². The molecule has 3 nitrogen and oxygen atoms in total. The molecule has 1 amide bonds. The third-order valence-electron chi connectivity index (χ3n) is 5.30. The number of amides is 1. The number of pyridine rings is 1. The van der Waals surface area contributed by atoms with E-state index in [9.17, 15) is 4.79 Å². The predicted molar refractivity (Wildman–Crippen MR) is 87.5 cm³/mol. The highest BCUT2D eigenvalue weighted by Gasteiger charge is 2.33. The van der Waals surface area contributed by atoms with Crippen molar-refractivity contribution in [3.63, 3.8) is 0 Å². The highest BCUT2D eigenvalue weighted by atomic mass is 16.2. The molecule has 0 spiro atoms. The van der Waals surface area contributed by atoms with Gasteiger partial charge in [-0.3, -0.25) is 9.78 Å². The van der Waals surface area contributed by atoms with Crippen LogP contribution in [-0.4, -0.2) is 28.9 Å². The SMILES string of the molecule is O=C(C1CCC1)N1CCC(Cc2cccc3ncccc23)C1. The molecule has 1 aromatic heterocycles. The molecule has 1 aromatic carbocycles. The number of likely N-dealkylation sites (tertiary alicyclic amines) is 1. The number of fused-ring (bicyclic) bond motifs is 1. The summed E-state index contributed by atoms with van der Waals surface area (Å²) in [5.41, 5.74) is 2.44. The van der Waals surface area contributed by atoms with Crippen LogP contribution in [0.5, 0.6) is 0 Å². The molecular formula is C19H22N2O. The average molecular weight is 294 g/mol. The molecule has 4 rings (SSSR count). The van der Waals surface area contributed by atoms with Crippen LogP contribution < -0.4 is 0 Å². The van der Waals surface area contributed by atoms with Crippen LogP contribution in [0, 0.1) is 11.8 Å². The Balaban J connectivity index is 1.46. The van der Waals surface area contributed by atoms with Crippen LogP contribution >= 0.6 is 0 Å². The summed E-state index contributed by atoms with van der Waals surface area (Å²) in [6.45, 7) is 1.88. The van der Waals surface area contributed by atoms with Crippen molar-refractivity contribution in [2.24, 2.45) is 11.8 Å². The van der Waals surface area contributed by atoms with E-state index < -0.39 is 0 Å². The Morgan fingerprint density at radius 2 is 2.09 bits per heavy atom. The molecule has 22 heavy (non-hydrogen) atoms. The van der Waals surface area contributed by atoms with Crippen molar-refractivity contribution in [2.75, 3.05) is 13.1 Å². The molecule has 114 valence electrons. The van der Waals surface area contributed by atoms with Gasteiger partial charge in [-0.25, -0.2) is 0 Å². The van der Waals surface area contributed by atoms with Crippen LogP contribution in [0.15, 0.2) is 36.5 Å². The van der Waals surface area contributed by atoms with Gasteiger partial charge in [0.05, 0.1) is 5.52 Å². The van der Waals surface area contributed by atoms with Gasteiger partial charge in [0.1, 0.15) is 0 Å². The number of nitrogens with zero attached hydrogens (tertiary/aromatic N) is 2. The molecule has 2 heterocycles. The maximum Gasteiger partial charge on any atom is 0.225 e. The third kappa shape index (κ3) is 2.49. The van der Waals surface area contributed by atoms with E-state index in [1.54, 1.807) is 0 Å². The molecule has 0 radical (unpaired) electrons. The zero-order valence-corrected chi connectivity index (χ0v) is 12.9. The number of aromatic nitrogens is 1. The zero-order chi connectivity index (χ0) is 14.9. The van der Waals surface area contributed by atoms with Crippen LogP contribution in [0.4, 0.5) is 0 Å².